The average Bonchev–Trinajstić information content (AvgIpc) is 1.30. The summed E-state index contributed by atoms with van der Waals surface area (Å²) in [5, 5.41) is 0. The van der Waals surface area contributed by atoms with E-state index in [4.69, 9.17) is 23.2 Å². The first-order valence-corrected chi connectivity index (χ1v) is 2.63. The first-order valence-electron chi connectivity index (χ1n) is 1.87. The Morgan fingerprint density at radius 1 is 1.71 bits per heavy atom. The van der Waals surface area contributed by atoms with Gasteiger partial charge in [-0.3, -0.25) is 0 Å². The third-order valence-electron chi connectivity index (χ3n) is 0.356. The monoisotopic (exact) mass is 141 g/mol. The molecule has 0 aromatic heterocycles. The summed E-state index contributed by atoms with van der Waals surface area (Å²) < 4.78 is 3.58. The van der Waals surface area contributed by atoms with Gasteiger partial charge in [0.25, 0.3) is 0 Å². The minimum Gasteiger partial charge on any atom is -0.347 e. The molecule has 3 heteroatoms. The van der Waals surface area contributed by atoms with Gasteiger partial charge in [-0.1, -0.05) is 23.2 Å². The van der Waals surface area contributed by atoms with Gasteiger partial charge in [-0.25, -0.2) is 0 Å². The van der Waals surface area contributed by atoms with E-state index in [1.807, 2.05) is 0 Å². The molecule has 1 nitrogen and oxygen atoms in total. The van der Waals surface area contributed by atoms with E-state index >= 15 is 0 Å². The molecule has 0 aromatic carbocycles. The molecule has 1 radical (unpaired) electrons. The lowest BCUT2D eigenvalue weighted by Crippen LogP contribution is -2.11. The number of hydrogen-bond donors (Lipinski definition) is 0. The van der Waals surface area contributed by atoms with Crippen LogP contribution >= 0.6 is 23.2 Å². The molecule has 0 amide bonds. The van der Waals surface area contributed by atoms with Gasteiger partial charge >= 0.3 is 0 Å². The standard InChI is InChI=1S/C4H7Cl2O/c1-3-7-4(2,5)6/h1,3H2,2H3. The lowest BCUT2D eigenvalue weighted by Gasteiger charge is -2.10. The molecule has 0 saturated carbocycles. The Morgan fingerprint density at radius 2 is 2.14 bits per heavy atom. The summed E-state index contributed by atoms with van der Waals surface area (Å²) in [7, 11) is 0. The largest absolute Gasteiger partial charge is 0.347 e. The predicted molar refractivity (Wildman–Crippen MR) is 31.4 cm³/mol. The molecule has 0 atom stereocenters. The van der Waals surface area contributed by atoms with Crippen molar-refractivity contribution >= 4 is 23.2 Å². The van der Waals surface area contributed by atoms with Crippen LogP contribution in [0.3, 0.4) is 0 Å². The summed E-state index contributed by atoms with van der Waals surface area (Å²) in [6.45, 7) is 5.22. The molecule has 0 aliphatic heterocycles. The minimum atomic E-state index is -1.07. The van der Waals surface area contributed by atoms with E-state index in [9.17, 15) is 0 Å². The Hall–Kier alpha value is 0.540. The van der Waals surface area contributed by atoms with Crippen LogP contribution in [0.5, 0.6) is 0 Å². The zero-order chi connectivity index (χ0) is 5.91. The quantitative estimate of drug-likeness (QED) is 0.535. The molecule has 7 heavy (non-hydrogen) atoms. The third-order valence-corrected chi connectivity index (χ3v) is 0.574. The van der Waals surface area contributed by atoms with Gasteiger partial charge in [0.15, 0.2) is 0 Å². The fourth-order valence-corrected chi connectivity index (χ4v) is 0.334. The maximum absolute atomic E-state index is 5.34. The van der Waals surface area contributed by atoms with Crippen molar-refractivity contribution < 1.29 is 4.74 Å². The zero-order valence-corrected chi connectivity index (χ0v) is 5.59. The number of ether oxygens (including phenoxy) is 1. The smallest absolute Gasteiger partial charge is 0.214 e. The van der Waals surface area contributed by atoms with Crippen LogP contribution in [0.4, 0.5) is 0 Å². The van der Waals surface area contributed by atoms with E-state index in [1.54, 1.807) is 6.92 Å². The van der Waals surface area contributed by atoms with E-state index in [0.717, 1.165) is 0 Å². The van der Waals surface area contributed by atoms with E-state index in [-0.39, 0.29) is 0 Å². The molecule has 0 spiro atoms. The van der Waals surface area contributed by atoms with Crippen LogP contribution in [0, 0.1) is 6.92 Å². The van der Waals surface area contributed by atoms with Gasteiger partial charge in [0.2, 0.25) is 4.52 Å². The lowest BCUT2D eigenvalue weighted by molar-refractivity contribution is 0.114. The molecular weight excluding hydrogens is 135 g/mol. The Morgan fingerprint density at radius 3 is 2.14 bits per heavy atom. The van der Waals surface area contributed by atoms with Gasteiger partial charge < -0.3 is 4.74 Å². The first-order chi connectivity index (χ1) is 3.06. The molecule has 0 aliphatic carbocycles. The highest BCUT2D eigenvalue weighted by molar-refractivity contribution is 6.46. The van der Waals surface area contributed by atoms with Gasteiger partial charge in [0.1, 0.15) is 0 Å². The molecule has 0 unspecified atom stereocenters. The molecule has 0 fully saturated rings. The average molecular weight is 142 g/mol. The molecule has 0 saturated heterocycles. The van der Waals surface area contributed by atoms with E-state index in [2.05, 4.69) is 11.7 Å². The van der Waals surface area contributed by atoms with E-state index in [0.29, 0.717) is 6.61 Å². The topological polar surface area (TPSA) is 9.23 Å². The highest BCUT2D eigenvalue weighted by atomic mass is 35.5. The molecular formula is C4H7Cl2O. The first kappa shape index (κ1) is 7.54. The van der Waals surface area contributed by atoms with E-state index in [1.165, 1.54) is 0 Å². The Kier molecular flexibility index (Phi) is 2.96. The van der Waals surface area contributed by atoms with Gasteiger partial charge in [-0.05, 0) is 13.8 Å². The van der Waals surface area contributed by atoms with Crippen LogP contribution < -0.4 is 0 Å². The third kappa shape index (κ3) is 6.54. The Balaban J connectivity index is 3.15. The maximum Gasteiger partial charge on any atom is 0.214 e. The lowest BCUT2D eigenvalue weighted by atomic mass is 10.8. The van der Waals surface area contributed by atoms with Crippen LogP contribution in [0.25, 0.3) is 0 Å². The molecule has 0 N–H and O–H groups in total. The summed E-state index contributed by atoms with van der Waals surface area (Å²) in [6.07, 6.45) is 0. The summed E-state index contributed by atoms with van der Waals surface area (Å²) in [5.74, 6) is 0. The minimum absolute atomic E-state index is 0.295. The van der Waals surface area contributed by atoms with Crippen molar-refractivity contribution in [2.75, 3.05) is 6.61 Å². The summed E-state index contributed by atoms with van der Waals surface area (Å²) in [5.41, 5.74) is 0. The van der Waals surface area contributed by atoms with Crippen molar-refractivity contribution in [1.29, 1.82) is 0 Å². The second-order valence-electron chi connectivity index (χ2n) is 1.16. The molecule has 0 aliphatic rings. The van der Waals surface area contributed by atoms with Gasteiger partial charge in [-0.15, -0.1) is 0 Å². The van der Waals surface area contributed by atoms with E-state index < -0.39 is 4.52 Å². The molecule has 0 aromatic rings. The Bertz CT molecular complexity index is 48.1. The van der Waals surface area contributed by atoms with Gasteiger partial charge in [0, 0.05) is 0 Å². The number of rotatable bonds is 2. The molecule has 43 valence electrons. The Labute approximate surface area is 53.6 Å². The zero-order valence-electron chi connectivity index (χ0n) is 4.08. The highest BCUT2D eigenvalue weighted by Crippen LogP contribution is 2.19. The predicted octanol–water partition coefficient (Wildman–Crippen LogP) is 1.99. The number of hydrogen-bond acceptors (Lipinski definition) is 1. The van der Waals surface area contributed by atoms with Crippen molar-refractivity contribution in [2.24, 2.45) is 0 Å². The maximum atomic E-state index is 5.34. The van der Waals surface area contributed by atoms with Crippen molar-refractivity contribution in [3.8, 4) is 0 Å². The molecule has 0 bridgehead atoms. The molecule has 0 heterocycles. The second kappa shape index (κ2) is 2.75. The van der Waals surface area contributed by atoms with Gasteiger partial charge in [0.05, 0.1) is 6.61 Å². The summed E-state index contributed by atoms with van der Waals surface area (Å²) in [6, 6.07) is 0. The summed E-state index contributed by atoms with van der Waals surface area (Å²) in [4.78, 5) is 0. The highest BCUT2D eigenvalue weighted by Gasteiger charge is 2.13. The van der Waals surface area contributed by atoms with Crippen LogP contribution in [0.2, 0.25) is 0 Å². The normalized spacial score (nSPS) is 12.0. The number of alkyl halides is 2. The molecule has 0 rings (SSSR count). The van der Waals surface area contributed by atoms with Crippen molar-refractivity contribution in [3.05, 3.63) is 6.92 Å². The van der Waals surface area contributed by atoms with Crippen molar-refractivity contribution in [2.45, 2.75) is 11.4 Å². The fourth-order valence-electron chi connectivity index (χ4n) is 0.179. The number of halogens is 2. The second-order valence-corrected chi connectivity index (χ2v) is 2.79. The van der Waals surface area contributed by atoms with Crippen LogP contribution in [0.1, 0.15) is 6.92 Å². The van der Waals surface area contributed by atoms with Crippen molar-refractivity contribution in [3.63, 3.8) is 0 Å². The fraction of sp³-hybridized carbons (Fsp3) is 0.750. The van der Waals surface area contributed by atoms with Crippen LogP contribution in [-0.2, 0) is 4.74 Å². The van der Waals surface area contributed by atoms with Crippen LogP contribution in [0.15, 0.2) is 0 Å². The SMILES string of the molecule is [CH2]COC(C)(Cl)Cl. The van der Waals surface area contributed by atoms with Gasteiger partial charge in [-0.2, -0.15) is 0 Å². The summed E-state index contributed by atoms with van der Waals surface area (Å²) >= 11 is 10.7. The van der Waals surface area contributed by atoms with Crippen molar-refractivity contribution in [1.82, 2.24) is 0 Å². The van der Waals surface area contributed by atoms with Crippen LogP contribution in [-0.4, -0.2) is 11.1 Å².